The van der Waals surface area contributed by atoms with E-state index in [2.05, 4.69) is 0 Å². The van der Waals surface area contributed by atoms with E-state index < -0.39 is 11.7 Å². The molecule has 0 spiro atoms. The number of thiophene rings is 1. The molecule has 1 aromatic heterocycles. The van der Waals surface area contributed by atoms with Crippen molar-refractivity contribution in [3.05, 3.63) is 81.3 Å². The summed E-state index contributed by atoms with van der Waals surface area (Å²) in [6, 6.07) is 13.6. The molecule has 0 bridgehead atoms. The van der Waals surface area contributed by atoms with Gasteiger partial charge in [0.2, 0.25) is 5.91 Å². The first-order valence-electron chi connectivity index (χ1n) is 11.9. The Bertz CT molecular complexity index is 1180. The summed E-state index contributed by atoms with van der Waals surface area (Å²) in [7, 11) is 3.18. The van der Waals surface area contributed by atoms with Gasteiger partial charge in [0.05, 0.1) is 26.3 Å². The molecule has 0 fully saturated rings. The molecule has 0 aliphatic carbocycles. The van der Waals surface area contributed by atoms with Crippen LogP contribution in [0, 0.1) is 12.7 Å². The van der Waals surface area contributed by atoms with Crippen LogP contribution in [0.2, 0.25) is 0 Å². The van der Waals surface area contributed by atoms with Gasteiger partial charge in [-0.25, -0.2) is 4.39 Å². The van der Waals surface area contributed by atoms with E-state index >= 15 is 0 Å². The number of hydrogen-bond donors (Lipinski definition) is 0. The number of carbonyl (C=O) groups is 2. The van der Waals surface area contributed by atoms with Gasteiger partial charge in [0.25, 0.3) is 5.91 Å². The predicted octanol–water partition coefficient (Wildman–Crippen LogP) is 5.34. The summed E-state index contributed by atoms with van der Waals surface area (Å²) in [5, 5.41) is 2.01. The number of rotatable bonds is 12. The Labute approximate surface area is 216 Å². The zero-order chi connectivity index (χ0) is 26.1. The summed E-state index contributed by atoms with van der Waals surface area (Å²) >= 11 is 1.60. The van der Waals surface area contributed by atoms with Crippen LogP contribution in [0.15, 0.2) is 53.9 Å². The Kier molecular flexibility index (Phi) is 9.87. The molecular weight excluding hydrogens is 479 g/mol. The lowest BCUT2D eigenvalue weighted by molar-refractivity contribution is -0.132. The van der Waals surface area contributed by atoms with Gasteiger partial charge >= 0.3 is 0 Å². The van der Waals surface area contributed by atoms with Crippen LogP contribution in [0.3, 0.4) is 0 Å². The van der Waals surface area contributed by atoms with Gasteiger partial charge in [0, 0.05) is 18.0 Å². The van der Waals surface area contributed by atoms with Crippen molar-refractivity contribution in [2.45, 2.75) is 33.2 Å². The first kappa shape index (κ1) is 27.2. The molecule has 0 radical (unpaired) electrons. The molecule has 0 aliphatic heterocycles. The first-order chi connectivity index (χ1) is 17.4. The molecule has 2 amide bonds. The van der Waals surface area contributed by atoms with Crippen LogP contribution >= 0.6 is 11.3 Å². The summed E-state index contributed by atoms with van der Waals surface area (Å²) in [5.41, 5.74) is 2.10. The van der Waals surface area contributed by atoms with E-state index in [1.54, 1.807) is 42.6 Å². The molecule has 0 N–H and O–H groups in total. The molecule has 8 heteroatoms. The van der Waals surface area contributed by atoms with Crippen molar-refractivity contribution in [3.63, 3.8) is 0 Å². The molecular formula is C28H33FN2O4S. The second kappa shape index (κ2) is 13.1. The van der Waals surface area contributed by atoms with Gasteiger partial charge in [0.15, 0.2) is 11.5 Å². The second-order valence-corrected chi connectivity index (χ2v) is 9.49. The van der Waals surface area contributed by atoms with E-state index in [1.165, 1.54) is 17.0 Å². The SMILES string of the molecule is CCCN(CC(=O)N(CCc1ccc(OC)c(OC)c1)Cc1sccc1C)C(=O)c1ccccc1F. The van der Waals surface area contributed by atoms with E-state index in [1.807, 2.05) is 43.5 Å². The molecule has 192 valence electrons. The summed E-state index contributed by atoms with van der Waals surface area (Å²) in [5.74, 6) is 0.0317. The Morgan fingerprint density at radius 1 is 0.972 bits per heavy atom. The number of ether oxygens (including phenoxy) is 2. The van der Waals surface area contributed by atoms with Crippen molar-refractivity contribution in [1.29, 1.82) is 0 Å². The molecule has 3 aromatic rings. The zero-order valence-electron chi connectivity index (χ0n) is 21.3. The standard InChI is InChI=1S/C28H33FN2O4S/c1-5-14-31(28(33)22-8-6-7-9-23(22)29)19-27(32)30(18-26-20(2)13-16-36-26)15-12-21-10-11-24(34-3)25(17-21)35-4/h6-11,13,16-17H,5,12,14-15,18-19H2,1-4H3. The molecule has 6 nitrogen and oxygen atoms in total. The number of amides is 2. The van der Waals surface area contributed by atoms with Crippen LogP contribution in [0.4, 0.5) is 4.39 Å². The zero-order valence-corrected chi connectivity index (χ0v) is 22.1. The van der Waals surface area contributed by atoms with E-state index in [-0.39, 0.29) is 18.0 Å². The highest BCUT2D eigenvalue weighted by Crippen LogP contribution is 2.28. The van der Waals surface area contributed by atoms with E-state index in [0.29, 0.717) is 44.0 Å². The van der Waals surface area contributed by atoms with Crippen LogP contribution in [0.1, 0.15) is 39.7 Å². The first-order valence-corrected chi connectivity index (χ1v) is 12.8. The smallest absolute Gasteiger partial charge is 0.257 e. The summed E-state index contributed by atoms with van der Waals surface area (Å²) in [6.07, 6.45) is 1.26. The Balaban J connectivity index is 1.80. The average Bonchev–Trinajstić information content (AvgIpc) is 3.29. The maximum Gasteiger partial charge on any atom is 0.257 e. The molecule has 1 heterocycles. The molecule has 0 aliphatic rings. The fraction of sp³-hybridized carbons (Fsp3) is 0.357. The minimum absolute atomic E-state index is 0.0234. The van der Waals surface area contributed by atoms with E-state index in [9.17, 15) is 14.0 Å². The lowest BCUT2D eigenvalue weighted by Gasteiger charge is -2.28. The van der Waals surface area contributed by atoms with Gasteiger partial charge in [-0.3, -0.25) is 9.59 Å². The van der Waals surface area contributed by atoms with Crippen molar-refractivity contribution >= 4 is 23.2 Å². The van der Waals surface area contributed by atoms with Crippen LogP contribution < -0.4 is 9.47 Å². The van der Waals surface area contributed by atoms with Crippen molar-refractivity contribution in [3.8, 4) is 11.5 Å². The molecule has 0 atom stereocenters. The fourth-order valence-corrected chi connectivity index (χ4v) is 4.84. The van der Waals surface area contributed by atoms with Gasteiger partial charge in [-0.05, 0) is 66.6 Å². The number of hydrogen-bond acceptors (Lipinski definition) is 5. The van der Waals surface area contributed by atoms with Crippen molar-refractivity contribution < 1.29 is 23.5 Å². The van der Waals surface area contributed by atoms with Crippen LogP contribution in [0.5, 0.6) is 11.5 Å². The molecule has 0 saturated carbocycles. The Hall–Kier alpha value is -3.39. The Morgan fingerprint density at radius 3 is 2.36 bits per heavy atom. The van der Waals surface area contributed by atoms with E-state index in [4.69, 9.17) is 9.47 Å². The van der Waals surface area contributed by atoms with E-state index in [0.717, 1.165) is 16.0 Å². The van der Waals surface area contributed by atoms with Gasteiger partial charge in [-0.15, -0.1) is 11.3 Å². The molecule has 0 saturated heterocycles. The van der Waals surface area contributed by atoms with Gasteiger partial charge in [0.1, 0.15) is 12.4 Å². The van der Waals surface area contributed by atoms with Crippen LogP contribution in [-0.4, -0.2) is 55.5 Å². The van der Waals surface area contributed by atoms with Gasteiger partial charge < -0.3 is 19.3 Å². The Morgan fingerprint density at radius 2 is 1.72 bits per heavy atom. The quantitative estimate of drug-likeness (QED) is 0.329. The maximum atomic E-state index is 14.3. The number of halogens is 1. The number of aryl methyl sites for hydroxylation is 1. The fourth-order valence-electron chi connectivity index (χ4n) is 3.92. The summed E-state index contributed by atoms with van der Waals surface area (Å²) < 4.78 is 25.0. The number of carbonyl (C=O) groups excluding carboxylic acids is 2. The third-order valence-electron chi connectivity index (χ3n) is 5.98. The third-order valence-corrected chi connectivity index (χ3v) is 6.99. The maximum absolute atomic E-state index is 14.3. The van der Waals surface area contributed by atoms with Gasteiger partial charge in [-0.2, -0.15) is 0 Å². The van der Waals surface area contributed by atoms with Crippen molar-refractivity contribution in [2.24, 2.45) is 0 Å². The van der Waals surface area contributed by atoms with Crippen molar-refractivity contribution in [1.82, 2.24) is 9.80 Å². The monoisotopic (exact) mass is 512 g/mol. The number of benzene rings is 2. The normalized spacial score (nSPS) is 10.7. The highest BCUT2D eigenvalue weighted by molar-refractivity contribution is 7.10. The second-order valence-electron chi connectivity index (χ2n) is 8.49. The topological polar surface area (TPSA) is 59.1 Å². The molecule has 36 heavy (non-hydrogen) atoms. The van der Waals surface area contributed by atoms with Crippen molar-refractivity contribution in [2.75, 3.05) is 33.9 Å². The molecule has 2 aromatic carbocycles. The highest BCUT2D eigenvalue weighted by atomic mass is 32.1. The summed E-state index contributed by atoms with van der Waals surface area (Å²) in [4.78, 5) is 30.9. The molecule has 3 rings (SSSR count). The average molecular weight is 513 g/mol. The lowest BCUT2D eigenvalue weighted by Crippen LogP contribution is -2.43. The predicted molar refractivity (Wildman–Crippen MR) is 140 cm³/mol. The summed E-state index contributed by atoms with van der Waals surface area (Å²) in [6.45, 7) is 5.10. The van der Waals surface area contributed by atoms with Crippen LogP contribution in [-0.2, 0) is 17.8 Å². The van der Waals surface area contributed by atoms with Crippen LogP contribution in [0.25, 0.3) is 0 Å². The van der Waals surface area contributed by atoms with Gasteiger partial charge in [-0.1, -0.05) is 25.1 Å². The minimum atomic E-state index is -0.587. The third kappa shape index (κ3) is 6.85. The largest absolute Gasteiger partial charge is 0.493 e. The number of nitrogens with zero attached hydrogens (tertiary/aromatic N) is 2. The molecule has 0 unspecified atom stereocenters. The lowest BCUT2D eigenvalue weighted by atomic mass is 10.1. The highest BCUT2D eigenvalue weighted by Gasteiger charge is 2.24. The number of methoxy groups -OCH3 is 2. The minimum Gasteiger partial charge on any atom is -0.493 e.